The van der Waals surface area contributed by atoms with E-state index in [0.717, 1.165) is 103 Å². The summed E-state index contributed by atoms with van der Waals surface area (Å²) in [4.78, 5) is 38.1. The number of ether oxygens (including phenoxy) is 3. The van der Waals surface area contributed by atoms with Crippen LogP contribution in [0.1, 0.15) is 290 Å². The van der Waals surface area contributed by atoms with Gasteiger partial charge in [-0.1, -0.05) is 249 Å². The Morgan fingerprint density at radius 1 is 0.308 bits per heavy atom. The van der Waals surface area contributed by atoms with Crippen molar-refractivity contribution in [2.45, 2.75) is 297 Å². The maximum absolute atomic E-state index is 12.8. The van der Waals surface area contributed by atoms with Crippen LogP contribution in [0.3, 0.4) is 0 Å². The van der Waals surface area contributed by atoms with Crippen molar-refractivity contribution in [2.75, 3.05) is 13.2 Å². The predicted molar refractivity (Wildman–Crippen MR) is 279 cm³/mol. The molecule has 0 saturated heterocycles. The Kier molecular flexibility index (Phi) is 51.8. The highest BCUT2D eigenvalue weighted by molar-refractivity contribution is 5.71. The Bertz CT molecular complexity index is 1140. The lowest BCUT2D eigenvalue weighted by molar-refractivity contribution is -0.167. The smallest absolute Gasteiger partial charge is 0.306 e. The summed E-state index contributed by atoms with van der Waals surface area (Å²) >= 11 is 0. The monoisotopic (exact) mass is 911 g/mol. The van der Waals surface area contributed by atoms with Crippen LogP contribution in [0.15, 0.2) is 48.6 Å². The van der Waals surface area contributed by atoms with E-state index in [2.05, 4.69) is 69.4 Å². The highest BCUT2D eigenvalue weighted by Crippen LogP contribution is 2.16. The third-order valence-corrected chi connectivity index (χ3v) is 12.3. The third-order valence-electron chi connectivity index (χ3n) is 12.3. The first-order valence-electron chi connectivity index (χ1n) is 28.1. The number of hydrogen-bond donors (Lipinski definition) is 0. The first-order chi connectivity index (χ1) is 32.0. The van der Waals surface area contributed by atoms with Crippen LogP contribution >= 0.6 is 0 Å². The highest BCUT2D eigenvalue weighted by atomic mass is 16.6. The summed E-state index contributed by atoms with van der Waals surface area (Å²) in [6, 6.07) is 0. The summed E-state index contributed by atoms with van der Waals surface area (Å²) in [6.07, 6.45) is 65.3. The summed E-state index contributed by atoms with van der Waals surface area (Å²) in [5, 5.41) is 0. The van der Waals surface area contributed by atoms with Crippen molar-refractivity contribution >= 4 is 17.9 Å². The lowest BCUT2D eigenvalue weighted by atomic mass is 10.0. The maximum Gasteiger partial charge on any atom is 0.306 e. The fraction of sp³-hybridized carbons (Fsp3) is 0.814. The fourth-order valence-corrected chi connectivity index (χ4v) is 8.01. The van der Waals surface area contributed by atoms with Crippen LogP contribution in [0.5, 0.6) is 0 Å². The number of hydrogen-bond acceptors (Lipinski definition) is 6. The summed E-state index contributed by atoms with van der Waals surface area (Å²) in [5.41, 5.74) is 0. The molecule has 0 amide bonds. The molecule has 378 valence electrons. The van der Waals surface area contributed by atoms with Gasteiger partial charge < -0.3 is 14.2 Å². The topological polar surface area (TPSA) is 78.9 Å². The molecule has 0 saturated carbocycles. The van der Waals surface area contributed by atoms with Crippen molar-refractivity contribution < 1.29 is 28.6 Å². The molecule has 6 nitrogen and oxygen atoms in total. The van der Waals surface area contributed by atoms with Gasteiger partial charge in [0.2, 0.25) is 0 Å². The van der Waals surface area contributed by atoms with Crippen LogP contribution < -0.4 is 0 Å². The molecule has 1 atom stereocenters. The van der Waals surface area contributed by atoms with Gasteiger partial charge in [-0.25, -0.2) is 0 Å². The molecule has 0 bridgehead atoms. The quantitative estimate of drug-likeness (QED) is 0.0262. The van der Waals surface area contributed by atoms with Gasteiger partial charge in [0, 0.05) is 19.3 Å². The summed E-state index contributed by atoms with van der Waals surface area (Å²) < 4.78 is 16.8. The SMILES string of the molecule is CCCC/C=C/C/C=C/CCCCCCCC(=O)OC[C@H](COC(=O)CCCCCCCCCCCCCCCCCCCCC)OC(=O)CCCCCCC/C=C/C/C=C/CCCC. The van der Waals surface area contributed by atoms with E-state index >= 15 is 0 Å². The zero-order chi connectivity index (χ0) is 47.2. The molecule has 6 heteroatoms. The Morgan fingerprint density at radius 2 is 0.569 bits per heavy atom. The van der Waals surface area contributed by atoms with Crippen molar-refractivity contribution in [2.24, 2.45) is 0 Å². The average molecular weight is 911 g/mol. The van der Waals surface area contributed by atoms with E-state index in [0.29, 0.717) is 19.3 Å². The van der Waals surface area contributed by atoms with E-state index in [9.17, 15) is 14.4 Å². The van der Waals surface area contributed by atoms with Gasteiger partial charge in [0.05, 0.1) is 0 Å². The van der Waals surface area contributed by atoms with Crippen LogP contribution in [0.2, 0.25) is 0 Å². The lowest BCUT2D eigenvalue weighted by Gasteiger charge is -2.18. The molecule has 0 heterocycles. The first-order valence-corrected chi connectivity index (χ1v) is 28.1. The van der Waals surface area contributed by atoms with Crippen LogP contribution in [0, 0.1) is 0 Å². The van der Waals surface area contributed by atoms with Crippen LogP contribution in [0.4, 0.5) is 0 Å². The van der Waals surface area contributed by atoms with Crippen molar-refractivity contribution in [1.82, 2.24) is 0 Å². The zero-order valence-corrected chi connectivity index (χ0v) is 43.3. The number of carbonyl (C=O) groups excluding carboxylic acids is 3. The molecule has 65 heavy (non-hydrogen) atoms. The second-order valence-corrected chi connectivity index (χ2v) is 18.8. The van der Waals surface area contributed by atoms with Gasteiger partial charge in [-0.3, -0.25) is 14.4 Å². The van der Waals surface area contributed by atoms with E-state index < -0.39 is 6.10 Å². The van der Waals surface area contributed by atoms with Gasteiger partial charge in [0.25, 0.3) is 0 Å². The number of rotatable bonds is 51. The minimum Gasteiger partial charge on any atom is -0.462 e. The molecule has 0 radical (unpaired) electrons. The molecular formula is C59H106O6. The van der Waals surface area contributed by atoms with E-state index in [1.54, 1.807) is 0 Å². The maximum atomic E-state index is 12.8. The molecule has 0 unspecified atom stereocenters. The number of unbranched alkanes of at least 4 members (excludes halogenated alkanes) is 32. The van der Waals surface area contributed by atoms with Gasteiger partial charge in [-0.2, -0.15) is 0 Å². The Hall–Kier alpha value is -2.63. The van der Waals surface area contributed by atoms with Crippen molar-refractivity contribution in [3.63, 3.8) is 0 Å². The average Bonchev–Trinajstić information content (AvgIpc) is 3.30. The Labute approximate surface area is 403 Å². The molecule has 0 aromatic carbocycles. The summed E-state index contributed by atoms with van der Waals surface area (Å²) in [5.74, 6) is -0.897. The van der Waals surface area contributed by atoms with Crippen LogP contribution in [-0.4, -0.2) is 37.2 Å². The van der Waals surface area contributed by atoms with E-state index in [1.807, 2.05) is 0 Å². The summed E-state index contributed by atoms with van der Waals surface area (Å²) in [6.45, 7) is 6.57. The van der Waals surface area contributed by atoms with Crippen LogP contribution in [-0.2, 0) is 28.6 Å². The van der Waals surface area contributed by atoms with E-state index in [-0.39, 0.29) is 31.1 Å². The van der Waals surface area contributed by atoms with Gasteiger partial charge in [0.1, 0.15) is 13.2 Å². The van der Waals surface area contributed by atoms with E-state index in [1.165, 1.54) is 148 Å². The lowest BCUT2D eigenvalue weighted by Crippen LogP contribution is -2.30. The fourth-order valence-electron chi connectivity index (χ4n) is 8.01. The van der Waals surface area contributed by atoms with Crippen molar-refractivity contribution in [1.29, 1.82) is 0 Å². The molecule has 0 fully saturated rings. The molecule has 0 N–H and O–H groups in total. The van der Waals surface area contributed by atoms with Gasteiger partial charge >= 0.3 is 17.9 Å². The molecule has 0 spiro atoms. The number of esters is 3. The zero-order valence-electron chi connectivity index (χ0n) is 43.3. The molecule has 0 aromatic heterocycles. The van der Waals surface area contributed by atoms with Crippen LogP contribution in [0.25, 0.3) is 0 Å². The number of allylic oxidation sites excluding steroid dienone is 8. The van der Waals surface area contributed by atoms with Crippen molar-refractivity contribution in [3.05, 3.63) is 48.6 Å². The Balaban J connectivity index is 4.35. The standard InChI is InChI=1S/C59H106O6/c1-4-7-10-13-16-19-22-25-28-29-30-31-32-35-37-40-43-46-49-52-58(61)64-55-56(65-59(62)53-50-47-44-41-38-34-27-24-21-18-15-12-9-6-3)54-63-57(60)51-48-45-42-39-36-33-26-23-20-17-14-11-8-5-2/h14-15,17-18,23-24,26-27,56H,4-13,16,19-22,25,28-55H2,1-3H3/b17-14+,18-15+,26-23+,27-24+/t56-/m1/s1. The van der Waals surface area contributed by atoms with E-state index in [4.69, 9.17) is 14.2 Å². The highest BCUT2D eigenvalue weighted by Gasteiger charge is 2.19. The van der Waals surface area contributed by atoms with Gasteiger partial charge in [-0.05, 0) is 70.6 Å². The van der Waals surface area contributed by atoms with Gasteiger partial charge in [-0.15, -0.1) is 0 Å². The van der Waals surface area contributed by atoms with Gasteiger partial charge in [0.15, 0.2) is 6.10 Å². The molecule has 0 aliphatic rings. The predicted octanol–water partition coefficient (Wildman–Crippen LogP) is 18.7. The molecule has 0 rings (SSSR count). The molecule has 0 aromatic rings. The molecular weight excluding hydrogens is 805 g/mol. The largest absolute Gasteiger partial charge is 0.462 e. The minimum absolute atomic E-state index is 0.0807. The van der Waals surface area contributed by atoms with Crippen molar-refractivity contribution in [3.8, 4) is 0 Å². The second kappa shape index (κ2) is 54.0. The molecule has 0 aliphatic heterocycles. The third kappa shape index (κ3) is 52.2. The Morgan fingerprint density at radius 3 is 0.892 bits per heavy atom. The number of carbonyl (C=O) groups is 3. The summed E-state index contributed by atoms with van der Waals surface area (Å²) in [7, 11) is 0. The molecule has 0 aliphatic carbocycles. The second-order valence-electron chi connectivity index (χ2n) is 18.8. The normalized spacial score (nSPS) is 12.4. The first kappa shape index (κ1) is 62.4. The minimum atomic E-state index is -0.784.